The van der Waals surface area contributed by atoms with Crippen molar-refractivity contribution in [3.05, 3.63) is 57.9 Å². The van der Waals surface area contributed by atoms with Crippen molar-refractivity contribution in [1.82, 2.24) is 0 Å². The van der Waals surface area contributed by atoms with Crippen molar-refractivity contribution in [2.24, 2.45) is 5.73 Å². The number of nitrogens with zero attached hydrogens (tertiary/aromatic N) is 1. The van der Waals surface area contributed by atoms with Crippen LogP contribution in [-0.2, 0) is 6.54 Å². The van der Waals surface area contributed by atoms with Crippen LogP contribution in [0.4, 0.5) is 10.1 Å². The highest BCUT2D eigenvalue weighted by Gasteiger charge is 2.12. The average molecular weight is 320 g/mol. The lowest BCUT2D eigenvalue weighted by Crippen LogP contribution is -2.12. The Morgan fingerprint density at radius 3 is 2.73 bits per heavy atom. The highest BCUT2D eigenvalue weighted by Crippen LogP contribution is 2.26. The van der Waals surface area contributed by atoms with E-state index in [4.69, 9.17) is 22.6 Å². The monoisotopic (exact) mass is 319 g/mol. The number of rotatable bonds is 4. The van der Waals surface area contributed by atoms with Crippen LogP contribution < -0.4 is 11.1 Å². The molecular weight excluding hydrogens is 309 g/mol. The Bertz CT molecular complexity index is 787. The zero-order chi connectivity index (χ0) is 16.3. The maximum atomic E-state index is 13.9. The van der Waals surface area contributed by atoms with Gasteiger partial charge in [-0.3, -0.25) is 4.79 Å². The van der Waals surface area contributed by atoms with Crippen LogP contribution in [0.15, 0.2) is 30.3 Å². The van der Waals surface area contributed by atoms with Crippen LogP contribution in [-0.4, -0.2) is 11.0 Å². The Hall–Kier alpha value is -2.78. The maximum absolute atomic E-state index is 13.9. The highest BCUT2D eigenvalue weighted by atomic mass is 35.5. The number of benzene rings is 2. The van der Waals surface area contributed by atoms with Crippen LogP contribution in [0.25, 0.3) is 0 Å². The second kappa shape index (κ2) is 6.33. The van der Waals surface area contributed by atoms with E-state index in [1.165, 1.54) is 18.2 Å². The first kappa shape index (κ1) is 15.6. The first-order valence-electron chi connectivity index (χ1n) is 6.17. The number of primary amides is 1. The fraction of sp³-hybridized carbons (Fsp3) is 0.0667. The molecule has 0 saturated carbocycles. The van der Waals surface area contributed by atoms with E-state index in [2.05, 4.69) is 5.32 Å². The molecule has 112 valence electrons. The van der Waals surface area contributed by atoms with Gasteiger partial charge in [0.25, 0.3) is 0 Å². The Morgan fingerprint density at radius 2 is 2.14 bits per heavy atom. The topological polar surface area (TPSA) is 99.1 Å². The van der Waals surface area contributed by atoms with Crippen LogP contribution in [0.1, 0.15) is 21.5 Å². The van der Waals surface area contributed by atoms with Gasteiger partial charge in [-0.15, -0.1) is 0 Å². The van der Waals surface area contributed by atoms with Crippen LogP contribution in [0.3, 0.4) is 0 Å². The number of hydrogen-bond acceptors (Lipinski definition) is 4. The van der Waals surface area contributed by atoms with Crippen LogP contribution in [0, 0.1) is 17.1 Å². The normalized spacial score (nSPS) is 10.0. The number of halogens is 2. The Morgan fingerprint density at radius 1 is 1.41 bits per heavy atom. The minimum absolute atomic E-state index is 0.00920. The van der Waals surface area contributed by atoms with E-state index in [0.717, 1.165) is 6.07 Å². The summed E-state index contributed by atoms with van der Waals surface area (Å²) >= 11 is 5.71. The molecule has 4 N–H and O–H groups in total. The molecule has 2 aromatic carbocycles. The number of aromatic hydroxyl groups is 1. The number of amides is 1. The molecule has 1 amide bonds. The average Bonchev–Trinajstić information content (AvgIpc) is 2.49. The number of hydrogen-bond donors (Lipinski definition) is 3. The molecule has 7 heteroatoms. The molecule has 0 aromatic heterocycles. The summed E-state index contributed by atoms with van der Waals surface area (Å²) in [5.41, 5.74) is 5.97. The molecular formula is C15H11ClFN3O2. The van der Waals surface area contributed by atoms with Crippen molar-refractivity contribution in [2.75, 3.05) is 5.32 Å². The lowest BCUT2D eigenvalue weighted by Gasteiger charge is -2.11. The third kappa shape index (κ3) is 3.27. The molecule has 0 heterocycles. The first-order chi connectivity index (χ1) is 10.4. The van der Waals surface area contributed by atoms with Gasteiger partial charge in [-0.1, -0.05) is 17.7 Å². The number of carbonyl (C=O) groups excluding carboxylic acids is 1. The van der Waals surface area contributed by atoms with Crippen molar-refractivity contribution in [2.45, 2.75) is 6.54 Å². The van der Waals surface area contributed by atoms with Crippen molar-refractivity contribution < 1.29 is 14.3 Å². The molecule has 0 fully saturated rings. The lowest BCUT2D eigenvalue weighted by molar-refractivity contribution is 0.100. The van der Waals surface area contributed by atoms with Gasteiger partial charge >= 0.3 is 0 Å². The van der Waals surface area contributed by atoms with Gasteiger partial charge < -0.3 is 16.2 Å². The fourth-order valence-electron chi connectivity index (χ4n) is 1.83. The number of phenolic OH excluding ortho intramolecular Hbond substituents is 1. The van der Waals surface area contributed by atoms with Crippen LogP contribution in [0.5, 0.6) is 5.75 Å². The molecule has 5 nitrogen and oxygen atoms in total. The van der Waals surface area contributed by atoms with Crippen molar-refractivity contribution in [1.29, 1.82) is 5.26 Å². The van der Waals surface area contributed by atoms with Gasteiger partial charge in [-0.25, -0.2) is 4.39 Å². The second-order valence-electron chi connectivity index (χ2n) is 4.49. The first-order valence-corrected chi connectivity index (χ1v) is 6.55. The number of carbonyl (C=O) groups is 1. The highest BCUT2D eigenvalue weighted by molar-refractivity contribution is 6.31. The third-order valence-corrected chi connectivity index (χ3v) is 3.27. The van der Waals surface area contributed by atoms with Gasteiger partial charge in [0.05, 0.1) is 22.3 Å². The summed E-state index contributed by atoms with van der Waals surface area (Å²) in [6.45, 7) is 0.0764. The molecule has 0 atom stereocenters. The summed E-state index contributed by atoms with van der Waals surface area (Å²) in [5.74, 6) is -1.55. The van der Waals surface area contributed by atoms with Gasteiger partial charge in [-0.2, -0.15) is 5.26 Å². The zero-order valence-electron chi connectivity index (χ0n) is 11.2. The summed E-state index contributed by atoms with van der Waals surface area (Å²) in [4.78, 5) is 11.2. The molecule has 0 aliphatic carbocycles. The molecule has 0 spiro atoms. The maximum Gasteiger partial charge on any atom is 0.248 e. The quantitative estimate of drug-likeness (QED) is 0.806. The number of phenols is 1. The SMILES string of the molecule is N#Cc1ccc(CNc2cc(C(N)=O)cc(Cl)c2F)c(O)c1. The van der Waals surface area contributed by atoms with Gasteiger partial charge in [0.2, 0.25) is 5.91 Å². The Balaban J connectivity index is 2.25. The third-order valence-electron chi connectivity index (χ3n) is 3.00. The summed E-state index contributed by atoms with van der Waals surface area (Å²) in [6, 6.07) is 8.65. The van der Waals surface area contributed by atoms with E-state index in [1.807, 2.05) is 6.07 Å². The molecule has 0 aliphatic rings. The van der Waals surface area contributed by atoms with Crippen LogP contribution in [0.2, 0.25) is 5.02 Å². The van der Waals surface area contributed by atoms with Gasteiger partial charge in [-0.05, 0) is 24.3 Å². The van der Waals surface area contributed by atoms with Gasteiger partial charge in [0.15, 0.2) is 5.82 Å². The fourth-order valence-corrected chi connectivity index (χ4v) is 2.05. The number of nitrogens with one attached hydrogen (secondary N) is 1. The molecule has 2 rings (SSSR count). The van der Waals surface area contributed by atoms with E-state index in [-0.39, 0.29) is 28.6 Å². The molecule has 22 heavy (non-hydrogen) atoms. The lowest BCUT2D eigenvalue weighted by atomic mass is 10.1. The predicted octanol–water partition coefficient (Wildman–Crippen LogP) is 2.77. The van der Waals surface area contributed by atoms with Crippen molar-refractivity contribution >= 4 is 23.2 Å². The minimum atomic E-state index is -0.730. The summed E-state index contributed by atoms with van der Waals surface area (Å²) < 4.78 is 13.9. The Labute approximate surface area is 130 Å². The molecule has 2 aromatic rings. The summed E-state index contributed by atoms with van der Waals surface area (Å²) in [7, 11) is 0. The standard InChI is InChI=1S/C15H11ClFN3O2/c16-11-4-10(15(19)22)5-12(14(11)17)20-7-9-2-1-8(6-18)3-13(9)21/h1-5,20-21H,7H2,(H2,19,22). The second-order valence-corrected chi connectivity index (χ2v) is 4.90. The van der Waals surface area contributed by atoms with E-state index in [0.29, 0.717) is 11.1 Å². The van der Waals surface area contributed by atoms with E-state index >= 15 is 0 Å². The van der Waals surface area contributed by atoms with Gasteiger partial charge in [0, 0.05) is 17.7 Å². The van der Waals surface area contributed by atoms with Gasteiger partial charge in [0.1, 0.15) is 5.75 Å². The molecule has 0 radical (unpaired) electrons. The predicted molar refractivity (Wildman–Crippen MR) is 80.1 cm³/mol. The number of nitrogens with two attached hydrogens (primary N) is 1. The number of anilines is 1. The minimum Gasteiger partial charge on any atom is -0.508 e. The molecule has 0 unspecified atom stereocenters. The van der Waals surface area contributed by atoms with Crippen molar-refractivity contribution in [3.63, 3.8) is 0 Å². The van der Waals surface area contributed by atoms with E-state index in [9.17, 15) is 14.3 Å². The molecule has 0 bridgehead atoms. The van der Waals surface area contributed by atoms with Crippen molar-refractivity contribution in [3.8, 4) is 11.8 Å². The smallest absolute Gasteiger partial charge is 0.248 e. The Kier molecular flexibility index (Phi) is 4.49. The molecule has 0 saturated heterocycles. The van der Waals surface area contributed by atoms with E-state index < -0.39 is 11.7 Å². The largest absolute Gasteiger partial charge is 0.508 e. The molecule has 0 aliphatic heterocycles. The summed E-state index contributed by atoms with van der Waals surface area (Å²) in [6.07, 6.45) is 0. The van der Waals surface area contributed by atoms with E-state index in [1.54, 1.807) is 6.07 Å². The zero-order valence-corrected chi connectivity index (χ0v) is 12.0. The van der Waals surface area contributed by atoms with Crippen LogP contribution >= 0.6 is 11.6 Å². The number of nitriles is 1. The summed E-state index contributed by atoms with van der Waals surface area (Å²) in [5, 5.41) is 21.0.